The van der Waals surface area contributed by atoms with Crippen LogP contribution in [0.25, 0.3) is 0 Å². The molecule has 2 heterocycles. The fraction of sp³-hybridized carbons (Fsp3) is 0.696. The minimum Gasteiger partial charge on any atom is -0.386 e. The molecule has 2 saturated heterocycles. The van der Waals surface area contributed by atoms with Gasteiger partial charge in [0.2, 0.25) is 5.91 Å². The number of hydrogen-bond donors (Lipinski definition) is 3. The highest BCUT2D eigenvalue weighted by atomic mass is 19.1. The highest BCUT2D eigenvalue weighted by Gasteiger charge is 2.29. The minimum absolute atomic E-state index is 0.0343. The number of benzene rings is 1. The molecule has 31 heavy (non-hydrogen) atoms. The standard InChI is InChI=1S/C23H36FN3O4/c1-16-13-19(14-22(29)31-16)26(2)12-9-21(28)25-20(15-24)23(30)17-5-7-18(8-6-17)27-10-3-4-11-27/h5-8,16,19-20,22-23,29-30H,3-4,9-15H2,1-2H3,(H,25,28)/t16-,19+,20-,22-,23-/m1/s1. The number of amides is 1. The number of hydrogen-bond acceptors (Lipinski definition) is 6. The van der Waals surface area contributed by atoms with Crippen LogP contribution in [0.4, 0.5) is 10.1 Å². The zero-order valence-corrected chi connectivity index (χ0v) is 18.5. The number of carbonyl (C=O) groups is 1. The van der Waals surface area contributed by atoms with Crippen molar-refractivity contribution in [1.29, 1.82) is 0 Å². The van der Waals surface area contributed by atoms with E-state index in [1.807, 2.05) is 31.0 Å². The van der Waals surface area contributed by atoms with Gasteiger partial charge in [0.25, 0.3) is 0 Å². The predicted octanol–water partition coefficient (Wildman–Crippen LogP) is 1.98. The number of alkyl halides is 1. The number of nitrogens with zero attached hydrogens (tertiary/aromatic N) is 2. The predicted molar refractivity (Wildman–Crippen MR) is 118 cm³/mol. The summed E-state index contributed by atoms with van der Waals surface area (Å²) in [6, 6.07) is 6.64. The Morgan fingerprint density at radius 1 is 1.29 bits per heavy atom. The number of halogens is 1. The SMILES string of the molecule is C[C@@H]1C[C@H](N(C)CCC(=O)N[C@H](CF)[C@H](O)c2ccc(N3CCCC3)cc2)C[C@H](O)O1. The van der Waals surface area contributed by atoms with Gasteiger partial charge in [-0.2, -0.15) is 0 Å². The van der Waals surface area contributed by atoms with Gasteiger partial charge >= 0.3 is 0 Å². The van der Waals surface area contributed by atoms with Crippen molar-refractivity contribution in [3.8, 4) is 0 Å². The van der Waals surface area contributed by atoms with Crippen molar-refractivity contribution in [2.75, 3.05) is 38.3 Å². The molecule has 174 valence electrons. The van der Waals surface area contributed by atoms with Gasteiger partial charge in [-0.3, -0.25) is 4.79 Å². The molecule has 0 aliphatic carbocycles. The van der Waals surface area contributed by atoms with E-state index < -0.39 is 25.1 Å². The van der Waals surface area contributed by atoms with E-state index in [2.05, 4.69) is 10.2 Å². The number of rotatable bonds is 9. The zero-order chi connectivity index (χ0) is 22.4. The van der Waals surface area contributed by atoms with Crippen LogP contribution < -0.4 is 10.2 Å². The lowest BCUT2D eigenvalue weighted by Crippen LogP contribution is -2.45. The van der Waals surface area contributed by atoms with Gasteiger partial charge in [-0.25, -0.2) is 4.39 Å². The number of aliphatic hydroxyl groups is 2. The normalized spacial score (nSPS) is 26.1. The molecule has 0 radical (unpaired) electrons. The molecule has 0 unspecified atom stereocenters. The number of nitrogens with one attached hydrogen (secondary N) is 1. The average Bonchev–Trinajstić information content (AvgIpc) is 3.29. The van der Waals surface area contributed by atoms with E-state index in [-0.39, 0.29) is 24.5 Å². The van der Waals surface area contributed by atoms with Gasteiger partial charge in [-0.15, -0.1) is 0 Å². The second kappa shape index (κ2) is 11.2. The topological polar surface area (TPSA) is 85.3 Å². The van der Waals surface area contributed by atoms with E-state index in [4.69, 9.17) is 4.74 Å². The second-order valence-corrected chi connectivity index (χ2v) is 8.82. The van der Waals surface area contributed by atoms with Gasteiger partial charge in [-0.05, 0) is 50.9 Å². The Kier molecular flexibility index (Phi) is 8.66. The van der Waals surface area contributed by atoms with Gasteiger partial charge in [0.1, 0.15) is 12.8 Å². The smallest absolute Gasteiger partial charge is 0.221 e. The van der Waals surface area contributed by atoms with Crippen LogP contribution in [0.15, 0.2) is 24.3 Å². The quantitative estimate of drug-likeness (QED) is 0.548. The lowest BCUT2D eigenvalue weighted by atomic mass is 10.0. The summed E-state index contributed by atoms with van der Waals surface area (Å²) in [5.74, 6) is -0.303. The maximum Gasteiger partial charge on any atom is 0.221 e. The molecule has 3 N–H and O–H groups in total. The van der Waals surface area contributed by atoms with Crippen LogP contribution in [0, 0.1) is 0 Å². The highest BCUT2D eigenvalue weighted by molar-refractivity contribution is 5.76. The zero-order valence-electron chi connectivity index (χ0n) is 18.5. The third-order valence-electron chi connectivity index (χ3n) is 6.38. The lowest BCUT2D eigenvalue weighted by molar-refractivity contribution is -0.173. The Morgan fingerprint density at radius 3 is 2.58 bits per heavy atom. The van der Waals surface area contributed by atoms with Crippen LogP contribution >= 0.6 is 0 Å². The Hall–Kier alpha value is -1.74. The van der Waals surface area contributed by atoms with Crippen molar-refractivity contribution in [2.24, 2.45) is 0 Å². The van der Waals surface area contributed by atoms with Crippen molar-refractivity contribution in [3.63, 3.8) is 0 Å². The lowest BCUT2D eigenvalue weighted by Gasteiger charge is -2.36. The van der Waals surface area contributed by atoms with Crippen LogP contribution in [-0.2, 0) is 9.53 Å². The molecule has 0 saturated carbocycles. The molecular formula is C23H36FN3O4. The largest absolute Gasteiger partial charge is 0.386 e. The van der Waals surface area contributed by atoms with E-state index in [0.717, 1.165) is 25.2 Å². The highest BCUT2D eigenvalue weighted by Crippen LogP contribution is 2.25. The van der Waals surface area contributed by atoms with Crippen molar-refractivity contribution in [2.45, 2.75) is 69.6 Å². The molecule has 2 aliphatic heterocycles. The summed E-state index contributed by atoms with van der Waals surface area (Å²) in [7, 11) is 1.91. The third-order valence-corrected chi connectivity index (χ3v) is 6.38. The molecule has 2 aliphatic rings. The first-order valence-electron chi connectivity index (χ1n) is 11.3. The van der Waals surface area contributed by atoms with Crippen molar-refractivity contribution in [1.82, 2.24) is 10.2 Å². The van der Waals surface area contributed by atoms with E-state index in [9.17, 15) is 19.4 Å². The first kappa shape index (κ1) is 23.9. The number of aliphatic hydroxyl groups excluding tert-OH is 2. The molecule has 3 rings (SSSR count). The Balaban J connectivity index is 1.48. The number of carbonyl (C=O) groups excluding carboxylic acids is 1. The maximum absolute atomic E-state index is 13.6. The molecule has 7 nitrogen and oxygen atoms in total. The van der Waals surface area contributed by atoms with Crippen molar-refractivity contribution < 1.29 is 24.1 Å². The van der Waals surface area contributed by atoms with E-state index >= 15 is 0 Å². The van der Waals surface area contributed by atoms with Gasteiger partial charge in [-0.1, -0.05) is 12.1 Å². The molecule has 1 amide bonds. The Bertz CT molecular complexity index is 689. The molecule has 5 atom stereocenters. The first-order valence-corrected chi connectivity index (χ1v) is 11.3. The van der Waals surface area contributed by atoms with E-state index in [1.54, 1.807) is 12.1 Å². The Morgan fingerprint density at radius 2 is 1.97 bits per heavy atom. The van der Waals surface area contributed by atoms with Crippen LogP contribution in [0.5, 0.6) is 0 Å². The summed E-state index contributed by atoms with van der Waals surface area (Å²) >= 11 is 0. The molecule has 2 fully saturated rings. The van der Waals surface area contributed by atoms with Crippen molar-refractivity contribution in [3.05, 3.63) is 29.8 Å². The van der Waals surface area contributed by atoms with Crippen LogP contribution in [0.1, 0.15) is 50.7 Å². The number of ether oxygens (including phenoxy) is 1. The molecule has 0 spiro atoms. The molecule has 1 aromatic carbocycles. The van der Waals surface area contributed by atoms with Crippen molar-refractivity contribution >= 4 is 11.6 Å². The van der Waals surface area contributed by atoms with Crippen LogP contribution in [0.2, 0.25) is 0 Å². The van der Waals surface area contributed by atoms with E-state index in [0.29, 0.717) is 18.5 Å². The van der Waals surface area contributed by atoms with Gasteiger partial charge in [0, 0.05) is 44.2 Å². The summed E-state index contributed by atoms with van der Waals surface area (Å²) in [5.41, 5.74) is 1.69. The third kappa shape index (κ3) is 6.62. The molecule has 1 aromatic rings. The first-order chi connectivity index (χ1) is 14.9. The molecule has 0 bridgehead atoms. The van der Waals surface area contributed by atoms with Crippen LogP contribution in [-0.4, -0.2) is 78.9 Å². The summed E-state index contributed by atoms with van der Waals surface area (Å²) in [6.07, 6.45) is 1.92. The fourth-order valence-electron chi connectivity index (χ4n) is 4.48. The number of anilines is 1. The monoisotopic (exact) mass is 437 g/mol. The van der Waals surface area contributed by atoms with Gasteiger partial charge < -0.3 is 30.1 Å². The fourth-order valence-corrected chi connectivity index (χ4v) is 4.48. The van der Waals surface area contributed by atoms with Crippen LogP contribution in [0.3, 0.4) is 0 Å². The molecular weight excluding hydrogens is 401 g/mol. The Labute approximate surface area is 184 Å². The molecule has 0 aromatic heterocycles. The van der Waals surface area contributed by atoms with E-state index in [1.165, 1.54) is 12.8 Å². The summed E-state index contributed by atoms with van der Waals surface area (Å²) < 4.78 is 19.0. The maximum atomic E-state index is 13.6. The summed E-state index contributed by atoms with van der Waals surface area (Å²) in [6.45, 7) is 3.62. The van der Waals surface area contributed by atoms with Gasteiger partial charge in [0.15, 0.2) is 6.29 Å². The second-order valence-electron chi connectivity index (χ2n) is 8.82. The summed E-state index contributed by atoms with van der Waals surface area (Å²) in [5, 5.41) is 23.0. The van der Waals surface area contributed by atoms with Gasteiger partial charge in [0.05, 0.1) is 12.1 Å². The minimum atomic E-state index is -1.11. The molecule has 8 heteroatoms. The average molecular weight is 438 g/mol. The summed E-state index contributed by atoms with van der Waals surface area (Å²) in [4.78, 5) is 16.7.